The van der Waals surface area contributed by atoms with Crippen LogP contribution in [0.15, 0.2) is 0 Å². The van der Waals surface area contributed by atoms with Crippen LogP contribution < -0.4 is 0 Å². The third-order valence-electron chi connectivity index (χ3n) is 0.555. The van der Waals surface area contributed by atoms with E-state index in [1.807, 2.05) is 0 Å². The Balaban J connectivity index is 4.21. The molecule has 1 atom stereocenters. The zero-order valence-corrected chi connectivity index (χ0v) is 8.99. The van der Waals surface area contributed by atoms with E-state index in [1.165, 1.54) is 0 Å². The van der Waals surface area contributed by atoms with Gasteiger partial charge in [0.1, 0.15) is 0 Å². The van der Waals surface area contributed by atoms with E-state index in [4.69, 9.17) is 0 Å². The maximum atomic E-state index is 11.5. The summed E-state index contributed by atoms with van der Waals surface area (Å²) in [4.78, 5) is 0. The third kappa shape index (κ3) is 4.89. The smallest absolute Gasteiger partial charge is 0.327 e. The molecule has 0 rings (SSSR count). The molecule has 0 fully saturated rings. The number of hydrogen-bond acceptors (Lipinski definition) is 4. The molecule has 4 nitrogen and oxygen atoms in total. The van der Waals surface area contributed by atoms with Gasteiger partial charge in [-0.15, -0.1) is 0 Å². The van der Waals surface area contributed by atoms with Crippen molar-refractivity contribution in [2.45, 2.75) is 19.6 Å². The van der Waals surface area contributed by atoms with Crippen LogP contribution in [0.25, 0.3) is 0 Å². The SMILES string of the molecule is C[Si](C)(C)OP(=O)(OF)OCl. The molecule has 0 spiro atoms. The summed E-state index contributed by atoms with van der Waals surface area (Å²) in [7, 11) is -6.31. The van der Waals surface area contributed by atoms with Crippen molar-refractivity contribution in [1.29, 1.82) is 0 Å². The first-order chi connectivity index (χ1) is 4.83. The summed E-state index contributed by atoms with van der Waals surface area (Å²) >= 11 is 4.68. The lowest BCUT2D eigenvalue weighted by molar-refractivity contribution is -0.0337. The first-order valence-electron chi connectivity index (χ1n) is 2.74. The number of phosphoric acid groups is 1. The van der Waals surface area contributed by atoms with E-state index < -0.39 is 16.1 Å². The molecule has 0 saturated carbocycles. The maximum Gasteiger partial charge on any atom is 0.512 e. The molecule has 1 unspecified atom stereocenters. The van der Waals surface area contributed by atoms with E-state index in [1.54, 1.807) is 19.6 Å². The lowest BCUT2D eigenvalue weighted by atomic mass is 11.8. The molecule has 0 aliphatic rings. The largest absolute Gasteiger partial charge is 0.512 e. The monoisotopic (exact) mass is 222 g/mol. The highest BCUT2D eigenvalue weighted by molar-refractivity contribution is 7.51. The summed E-state index contributed by atoms with van der Waals surface area (Å²) in [6.07, 6.45) is 0. The van der Waals surface area contributed by atoms with Gasteiger partial charge >= 0.3 is 7.82 Å². The van der Waals surface area contributed by atoms with Crippen molar-refractivity contribution in [3.63, 3.8) is 0 Å². The topological polar surface area (TPSA) is 44.8 Å². The average molecular weight is 223 g/mol. The van der Waals surface area contributed by atoms with Gasteiger partial charge in [0.2, 0.25) is 0 Å². The Bertz CT molecular complexity index is 163. The number of halogens is 2. The minimum Gasteiger partial charge on any atom is -0.327 e. The highest BCUT2D eigenvalue weighted by Crippen LogP contribution is 2.53. The molecule has 0 saturated heterocycles. The minimum absolute atomic E-state index is 1.69. The normalized spacial score (nSPS) is 17.9. The van der Waals surface area contributed by atoms with Crippen molar-refractivity contribution >= 4 is 28.0 Å². The molecular formula is C3H9ClFO4PSi. The van der Waals surface area contributed by atoms with Gasteiger partial charge in [0, 0.05) is 0 Å². The minimum atomic E-state index is -4.14. The average Bonchev–Trinajstić information content (AvgIpc) is 1.84. The first kappa shape index (κ1) is 11.5. The molecule has 0 N–H and O–H groups in total. The summed E-state index contributed by atoms with van der Waals surface area (Å²) in [5.41, 5.74) is 0. The van der Waals surface area contributed by atoms with Crippen molar-refractivity contribution in [3.8, 4) is 0 Å². The van der Waals surface area contributed by atoms with Crippen LogP contribution in [-0.4, -0.2) is 8.32 Å². The summed E-state index contributed by atoms with van der Waals surface area (Å²) in [5.74, 6) is 0. The van der Waals surface area contributed by atoms with Gasteiger partial charge in [-0.3, -0.25) is 0 Å². The van der Waals surface area contributed by atoms with E-state index in [2.05, 4.69) is 24.9 Å². The second kappa shape index (κ2) is 3.98. The van der Waals surface area contributed by atoms with Crippen molar-refractivity contribution in [3.05, 3.63) is 0 Å². The molecule has 68 valence electrons. The summed E-state index contributed by atoms with van der Waals surface area (Å²) in [5, 5.41) is 0. The molecule has 0 bridgehead atoms. The van der Waals surface area contributed by atoms with Crippen molar-refractivity contribution in [1.82, 2.24) is 0 Å². The van der Waals surface area contributed by atoms with Gasteiger partial charge in [-0.05, 0) is 24.2 Å². The molecular weight excluding hydrogens is 214 g/mol. The molecule has 0 heterocycles. The Morgan fingerprint density at radius 1 is 1.45 bits per heavy atom. The Hall–Kier alpha value is 0.547. The van der Waals surface area contributed by atoms with Gasteiger partial charge in [0.25, 0.3) is 0 Å². The van der Waals surface area contributed by atoms with E-state index in [0.717, 1.165) is 0 Å². The fraction of sp³-hybridized carbons (Fsp3) is 1.00. The van der Waals surface area contributed by atoms with E-state index in [-0.39, 0.29) is 0 Å². The second-order valence-corrected chi connectivity index (χ2v) is 9.33. The van der Waals surface area contributed by atoms with Crippen LogP contribution in [0, 0.1) is 0 Å². The quantitative estimate of drug-likeness (QED) is 0.542. The lowest BCUT2D eigenvalue weighted by Crippen LogP contribution is -2.23. The third-order valence-corrected chi connectivity index (χ3v) is 4.49. The van der Waals surface area contributed by atoms with Gasteiger partial charge in [0.05, 0.1) is 11.9 Å². The van der Waals surface area contributed by atoms with Crippen LogP contribution in [-0.2, 0) is 17.6 Å². The molecule has 0 aromatic rings. The van der Waals surface area contributed by atoms with Gasteiger partial charge in [-0.2, -0.15) is 4.08 Å². The van der Waals surface area contributed by atoms with Crippen LogP contribution in [0.5, 0.6) is 0 Å². The predicted molar refractivity (Wildman–Crippen MR) is 41.2 cm³/mol. The Kier molecular flexibility index (Phi) is 4.17. The molecule has 0 aliphatic carbocycles. The maximum absolute atomic E-state index is 11.5. The van der Waals surface area contributed by atoms with Crippen molar-refractivity contribution in [2.24, 2.45) is 0 Å². The molecule has 0 aromatic carbocycles. The zero-order valence-electron chi connectivity index (χ0n) is 6.34. The standard InChI is InChI=1S/C3H9ClFO4PSi/c1-11(2,3)9-10(6,7-4)8-5/h1-3H3. The number of rotatable bonds is 4. The molecule has 0 radical (unpaired) electrons. The van der Waals surface area contributed by atoms with Crippen LogP contribution in [0.3, 0.4) is 0 Å². The van der Waals surface area contributed by atoms with Gasteiger partial charge in [-0.1, -0.05) is 4.73 Å². The summed E-state index contributed by atoms with van der Waals surface area (Å²) in [6.45, 7) is 5.07. The second-order valence-electron chi connectivity index (χ2n) is 2.79. The van der Waals surface area contributed by atoms with Crippen LogP contribution >= 0.6 is 19.7 Å². The summed E-state index contributed by atoms with van der Waals surface area (Å²) < 4.78 is 33.7. The summed E-state index contributed by atoms with van der Waals surface area (Å²) in [6, 6.07) is 0. The van der Waals surface area contributed by atoms with Gasteiger partial charge < -0.3 is 4.21 Å². The highest BCUT2D eigenvalue weighted by Gasteiger charge is 2.35. The fourth-order valence-electron chi connectivity index (χ4n) is 0.374. The van der Waals surface area contributed by atoms with Crippen molar-refractivity contribution in [2.75, 3.05) is 0 Å². The van der Waals surface area contributed by atoms with Gasteiger partial charge in [0.15, 0.2) is 8.32 Å². The Labute approximate surface area is 70.4 Å². The predicted octanol–water partition coefficient (Wildman–Crippen LogP) is 3.02. The molecule has 0 aromatic heterocycles. The Morgan fingerprint density at radius 3 is 2.00 bits per heavy atom. The molecule has 11 heavy (non-hydrogen) atoms. The van der Waals surface area contributed by atoms with E-state index >= 15 is 0 Å². The van der Waals surface area contributed by atoms with E-state index in [9.17, 15) is 9.09 Å². The zero-order chi connectivity index (χ0) is 9.12. The number of hydrogen-bond donors (Lipinski definition) is 0. The molecule has 8 heteroatoms. The van der Waals surface area contributed by atoms with Crippen LogP contribution in [0.4, 0.5) is 4.53 Å². The highest BCUT2D eigenvalue weighted by atomic mass is 35.5. The van der Waals surface area contributed by atoms with E-state index in [0.29, 0.717) is 0 Å². The van der Waals surface area contributed by atoms with Crippen molar-refractivity contribution < 1.29 is 22.1 Å². The van der Waals surface area contributed by atoms with Gasteiger partial charge in [-0.25, -0.2) is 4.57 Å². The van der Waals surface area contributed by atoms with Crippen LogP contribution in [0.2, 0.25) is 19.6 Å². The lowest BCUT2D eigenvalue weighted by Gasteiger charge is -2.18. The molecule has 0 aliphatic heterocycles. The fourth-order valence-corrected chi connectivity index (χ4v) is 3.62. The Morgan fingerprint density at radius 2 is 1.91 bits per heavy atom. The molecule has 0 amide bonds. The van der Waals surface area contributed by atoms with Crippen LogP contribution in [0.1, 0.15) is 0 Å². The first-order valence-corrected chi connectivity index (χ1v) is 7.92.